The van der Waals surface area contributed by atoms with Gasteiger partial charge >= 0.3 is 0 Å². The first-order valence-electron chi connectivity index (χ1n) is 5.56. The third-order valence-electron chi connectivity index (χ3n) is 2.46. The van der Waals surface area contributed by atoms with Gasteiger partial charge in [0.2, 0.25) is 0 Å². The molecule has 94 valence electrons. The zero-order valence-corrected chi connectivity index (χ0v) is 12.3. The molecule has 2 aromatic carbocycles. The van der Waals surface area contributed by atoms with Crippen LogP contribution in [0.4, 0.5) is 4.39 Å². The van der Waals surface area contributed by atoms with Gasteiger partial charge in [0, 0.05) is 15.9 Å². The molecule has 0 aliphatic heterocycles. The van der Waals surface area contributed by atoms with Crippen molar-refractivity contribution in [1.29, 1.82) is 0 Å². The van der Waals surface area contributed by atoms with Gasteiger partial charge in [0.25, 0.3) is 0 Å². The normalized spacial score (nSPS) is 10.6. The summed E-state index contributed by atoms with van der Waals surface area (Å²) in [4.78, 5) is 1.69. The third kappa shape index (κ3) is 3.13. The fourth-order valence-corrected chi connectivity index (χ4v) is 3.13. The second kappa shape index (κ2) is 6.36. The third-order valence-corrected chi connectivity index (χ3v) is 4.66. The highest BCUT2D eigenvalue weighted by atomic mass is 79.9. The summed E-state index contributed by atoms with van der Waals surface area (Å²) >= 11 is 4.93. The first kappa shape index (κ1) is 13.6. The van der Waals surface area contributed by atoms with Crippen LogP contribution in [0.2, 0.25) is 0 Å². The van der Waals surface area contributed by atoms with Crippen LogP contribution in [0.5, 0.6) is 0 Å². The lowest BCUT2D eigenvalue weighted by Crippen LogP contribution is -2.06. The molecule has 2 aromatic rings. The standard InChI is InChI=1S/C14H13BrFNS/c1-17-9-10-5-4-7-12(16)14(10)18-13-8-3-2-6-11(13)15/h2-8,17H,9H2,1H3. The van der Waals surface area contributed by atoms with E-state index >= 15 is 0 Å². The maximum absolute atomic E-state index is 13.9. The maximum atomic E-state index is 13.9. The average molecular weight is 326 g/mol. The van der Waals surface area contributed by atoms with E-state index in [-0.39, 0.29) is 5.82 Å². The van der Waals surface area contributed by atoms with Gasteiger partial charge in [-0.1, -0.05) is 36.0 Å². The first-order chi connectivity index (χ1) is 8.72. The molecule has 2 rings (SSSR count). The minimum atomic E-state index is -0.177. The Kier molecular flexibility index (Phi) is 4.80. The topological polar surface area (TPSA) is 12.0 Å². The lowest BCUT2D eigenvalue weighted by atomic mass is 10.2. The maximum Gasteiger partial charge on any atom is 0.137 e. The molecular formula is C14H13BrFNS. The van der Waals surface area contributed by atoms with Crippen molar-refractivity contribution in [3.8, 4) is 0 Å². The molecule has 0 saturated heterocycles. The van der Waals surface area contributed by atoms with E-state index in [2.05, 4.69) is 21.2 Å². The van der Waals surface area contributed by atoms with E-state index in [1.54, 1.807) is 6.07 Å². The van der Waals surface area contributed by atoms with E-state index in [1.165, 1.54) is 17.8 Å². The molecule has 0 bridgehead atoms. The smallest absolute Gasteiger partial charge is 0.137 e. The number of nitrogens with one attached hydrogen (secondary N) is 1. The molecule has 0 fully saturated rings. The van der Waals surface area contributed by atoms with E-state index in [4.69, 9.17) is 0 Å². The van der Waals surface area contributed by atoms with Gasteiger partial charge < -0.3 is 5.32 Å². The Morgan fingerprint density at radius 3 is 2.67 bits per heavy atom. The van der Waals surface area contributed by atoms with E-state index in [1.807, 2.05) is 37.4 Å². The van der Waals surface area contributed by atoms with Crippen molar-refractivity contribution >= 4 is 27.7 Å². The molecule has 4 heteroatoms. The van der Waals surface area contributed by atoms with E-state index in [0.717, 1.165) is 14.9 Å². The Labute approximate surface area is 119 Å². The molecule has 1 nitrogen and oxygen atoms in total. The zero-order valence-electron chi connectivity index (χ0n) is 9.91. The van der Waals surface area contributed by atoms with Gasteiger partial charge in [0.1, 0.15) is 5.82 Å². The van der Waals surface area contributed by atoms with Crippen molar-refractivity contribution in [2.24, 2.45) is 0 Å². The van der Waals surface area contributed by atoms with Gasteiger partial charge in [0.05, 0.1) is 4.90 Å². The van der Waals surface area contributed by atoms with E-state index in [9.17, 15) is 4.39 Å². The fourth-order valence-electron chi connectivity index (χ4n) is 1.63. The summed E-state index contributed by atoms with van der Waals surface area (Å²) in [6, 6.07) is 13.0. The minimum absolute atomic E-state index is 0.177. The first-order valence-corrected chi connectivity index (χ1v) is 7.17. The molecule has 0 aromatic heterocycles. The molecular weight excluding hydrogens is 313 g/mol. The molecule has 0 saturated carbocycles. The average Bonchev–Trinajstić information content (AvgIpc) is 2.36. The van der Waals surface area contributed by atoms with Crippen molar-refractivity contribution in [2.45, 2.75) is 16.3 Å². The summed E-state index contributed by atoms with van der Waals surface area (Å²) in [6.45, 7) is 0.657. The van der Waals surface area contributed by atoms with Gasteiger partial charge in [-0.3, -0.25) is 0 Å². The number of hydrogen-bond donors (Lipinski definition) is 1. The largest absolute Gasteiger partial charge is 0.316 e. The van der Waals surface area contributed by atoms with Crippen LogP contribution >= 0.6 is 27.7 Å². The Morgan fingerprint density at radius 2 is 1.94 bits per heavy atom. The van der Waals surface area contributed by atoms with Crippen molar-refractivity contribution in [2.75, 3.05) is 7.05 Å². The molecule has 0 unspecified atom stereocenters. The second-order valence-corrected chi connectivity index (χ2v) is 5.70. The monoisotopic (exact) mass is 325 g/mol. The Balaban J connectivity index is 2.36. The number of rotatable bonds is 4. The van der Waals surface area contributed by atoms with Crippen molar-refractivity contribution < 1.29 is 4.39 Å². The summed E-state index contributed by atoms with van der Waals surface area (Å²) in [6.07, 6.45) is 0. The molecule has 0 atom stereocenters. The van der Waals surface area contributed by atoms with Gasteiger partial charge in [-0.25, -0.2) is 4.39 Å². The SMILES string of the molecule is CNCc1cccc(F)c1Sc1ccccc1Br. The van der Waals surface area contributed by atoms with E-state index < -0.39 is 0 Å². The molecule has 0 radical (unpaired) electrons. The van der Waals surface area contributed by atoms with Crippen LogP contribution in [-0.4, -0.2) is 7.05 Å². The van der Waals surface area contributed by atoms with Crippen LogP contribution in [0.25, 0.3) is 0 Å². The van der Waals surface area contributed by atoms with Crippen LogP contribution < -0.4 is 5.32 Å². The summed E-state index contributed by atoms with van der Waals surface area (Å²) < 4.78 is 14.9. The predicted octanol–water partition coefficient (Wildman–Crippen LogP) is 4.46. The lowest BCUT2D eigenvalue weighted by molar-refractivity contribution is 0.594. The number of halogens is 2. The van der Waals surface area contributed by atoms with Crippen molar-refractivity contribution in [1.82, 2.24) is 5.32 Å². The summed E-state index contributed by atoms with van der Waals surface area (Å²) in [7, 11) is 1.86. The Bertz CT molecular complexity index is 545. The van der Waals surface area contributed by atoms with Crippen LogP contribution in [0.3, 0.4) is 0 Å². The Morgan fingerprint density at radius 1 is 1.17 bits per heavy atom. The minimum Gasteiger partial charge on any atom is -0.316 e. The lowest BCUT2D eigenvalue weighted by Gasteiger charge is -2.10. The van der Waals surface area contributed by atoms with Crippen molar-refractivity contribution in [3.05, 3.63) is 58.3 Å². The van der Waals surface area contributed by atoms with Crippen molar-refractivity contribution in [3.63, 3.8) is 0 Å². The van der Waals surface area contributed by atoms with E-state index in [0.29, 0.717) is 11.4 Å². The second-order valence-electron chi connectivity index (χ2n) is 3.79. The molecule has 1 N–H and O–H groups in total. The number of hydrogen-bond acceptors (Lipinski definition) is 2. The highest BCUT2D eigenvalue weighted by molar-refractivity contribution is 9.10. The Hall–Kier alpha value is -0.840. The highest BCUT2D eigenvalue weighted by Crippen LogP contribution is 2.36. The van der Waals surface area contributed by atoms with Gasteiger partial charge in [-0.15, -0.1) is 0 Å². The molecule has 0 spiro atoms. The summed E-state index contributed by atoms with van der Waals surface area (Å²) in [5.74, 6) is -0.177. The molecule has 0 amide bonds. The zero-order chi connectivity index (χ0) is 13.0. The van der Waals surface area contributed by atoms with Gasteiger partial charge in [0.15, 0.2) is 0 Å². The quantitative estimate of drug-likeness (QED) is 0.890. The highest BCUT2D eigenvalue weighted by Gasteiger charge is 2.11. The predicted molar refractivity (Wildman–Crippen MR) is 77.4 cm³/mol. The summed E-state index contributed by atoms with van der Waals surface area (Å²) in [5.41, 5.74) is 0.971. The molecule has 0 aliphatic rings. The molecule has 0 heterocycles. The van der Waals surface area contributed by atoms with Crippen LogP contribution in [0.1, 0.15) is 5.56 Å². The van der Waals surface area contributed by atoms with Gasteiger partial charge in [-0.2, -0.15) is 0 Å². The van der Waals surface area contributed by atoms with Crippen LogP contribution in [0.15, 0.2) is 56.7 Å². The molecule has 18 heavy (non-hydrogen) atoms. The fraction of sp³-hybridized carbons (Fsp3) is 0.143. The van der Waals surface area contributed by atoms with Crippen LogP contribution in [0, 0.1) is 5.82 Å². The van der Waals surface area contributed by atoms with Gasteiger partial charge in [-0.05, 0) is 46.7 Å². The number of benzene rings is 2. The summed E-state index contributed by atoms with van der Waals surface area (Å²) in [5, 5.41) is 3.06. The molecule has 0 aliphatic carbocycles. The van der Waals surface area contributed by atoms with Crippen LogP contribution in [-0.2, 0) is 6.54 Å².